The fourth-order valence-corrected chi connectivity index (χ4v) is 4.56. The largest absolute Gasteiger partial charge is 0.358 e. The Morgan fingerprint density at radius 3 is 2.67 bits per heavy atom. The minimum atomic E-state index is -0.486. The van der Waals surface area contributed by atoms with Gasteiger partial charge < -0.3 is 19.9 Å². The van der Waals surface area contributed by atoms with Crippen molar-refractivity contribution in [2.45, 2.75) is 39.2 Å². The number of aryl methyl sites for hydroxylation is 2. The summed E-state index contributed by atoms with van der Waals surface area (Å²) in [6.45, 7) is 5.73. The first kappa shape index (κ1) is 21.4. The lowest BCUT2D eigenvalue weighted by atomic mass is 10.1. The lowest BCUT2D eigenvalue weighted by Crippen LogP contribution is -2.41. The van der Waals surface area contributed by atoms with Crippen molar-refractivity contribution in [2.24, 2.45) is 0 Å². The average molecular weight is 450 g/mol. The van der Waals surface area contributed by atoms with Crippen LogP contribution in [-0.2, 0) is 6.42 Å². The van der Waals surface area contributed by atoms with E-state index in [1.807, 2.05) is 36.7 Å². The zero-order valence-corrected chi connectivity index (χ0v) is 19.1. The molecule has 1 aliphatic rings. The number of rotatable bonds is 5. The minimum Gasteiger partial charge on any atom is -0.358 e. The van der Waals surface area contributed by atoms with Crippen molar-refractivity contribution in [3.05, 3.63) is 59.6 Å². The molecule has 0 atom stereocenters. The maximum Gasteiger partial charge on any atom is 0.259 e. The van der Waals surface area contributed by atoms with Crippen LogP contribution in [0.15, 0.2) is 36.8 Å². The van der Waals surface area contributed by atoms with Crippen LogP contribution in [0.25, 0.3) is 11.3 Å². The number of pyridine rings is 2. The Labute approximate surface area is 191 Å². The number of carbonyl (C=O) groups excluding carboxylic acids is 1. The Hall–Kier alpha value is -3.46. The van der Waals surface area contributed by atoms with Crippen molar-refractivity contribution in [2.75, 3.05) is 30.4 Å². The number of fused-ring (bicyclic) bond motifs is 2. The molecule has 0 radical (unpaired) electrons. The Morgan fingerprint density at radius 2 is 1.94 bits per heavy atom. The monoisotopic (exact) mass is 449 g/mol. The van der Waals surface area contributed by atoms with E-state index in [2.05, 4.69) is 20.5 Å². The van der Waals surface area contributed by atoms with E-state index in [0.29, 0.717) is 28.6 Å². The van der Waals surface area contributed by atoms with E-state index < -0.39 is 5.82 Å². The number of nitrogens with zero attached hydrogens (tertiary/aromatic N) is 5. The minimum absolute atomic E-state index is 0.236. The van der Waals surface area contributed by atoms with Crippen molar-refractivity contribution < 1.29 is 9.18 Å². The van der Waals surface area contributed by atoms with Crippen LogP contribution in [0.1, 0.15) is 41.5 Å². The molecule has 4 aromatic rings. The summed E-state index contributed by atoms with van der Waals surface area (Å²) >= 11 is 0. The van der Waals surface area contributed by atoms with Crippen molar-refractivity contribution in [1.29, 1.82) is 0 Å². The van der Waals surface area contributed by atoms with Crippen LogP contribution in [0.2, 0.25) is 0 Å². The highest BCUT2D eigenvalue weighted by Gasteiger charge is 2.23. The van der Waals surface area contributed by atoms with E-state index in [4.69, 9.17) is 4.98 Å². The first-order chi connectivity index (χ1) is 16.0. The van der Waals surface area contributed by atoms with Crippen LogP contribution >= 0.6 is 0 Å². The second kappa shape index (κ2) is 8.47. The average Bonchev–Trinajstić information content (AvgIpc) is 3.41. The third-order valence-electron chi connectivity index (χ3n) is 6.36. The summed E-state index contributed by atoms with van der Waals surface area (Å²) in [5.41, 5.74) is 3.28. The molecule has 5 rings (SSSR count). The van der Waals surface area contributed by atoms with Crippen molar-refractivity contribution >= 4 is 28.7 Å². The molecule has 1 fully saturated rings. The number of imidazole rings is 2. The summed E-state index contributed by atoms with van der Waals surface area (Å²) in [5.74, 6) is 0.217. The number of piperidine rings is 1. The lowest BCUT2D eigenvalue weighted by molar-refractivity contribution is 0.102. The summed E-state index contributed by atoms with van der Waals surface area (Å²) in [4.78, 5) is 24.4. The Balaban J connectivity index is 1.48. The molecule has 5 heterocycles. The van der Waals surface area contributed by atoms with Crippen LogP contribution in [0.3, 0.4) is 0 Å². The van der Waals surface area contributed by atoms with E-state index in [1.54, 1.807) is 23.7 Å². The molecule has 172 valence electrons. The standard InChI is InChI=1S/C24H28FN7O/c1-4-16-14-32-21(30-9-7-17(26-3)8-10-30)6-5-19(22(32)28-16)24(33)29-18-11-20(25)23-27-15(2)12-31(23)13-18/h5-6,11-14,17,26H,4,7-10H2,1-3H3,(H,29,33). The molecule has 1 aliphatic heterocycles. The van der Waals surface area contributed by atoms with Crippen LogP contribution in [0.4, 0.5) is 15.9 Å². The predicted molar refractivity (Wildman–Crippen MR) is 127 cm³/mol. The molecule has 0 spiro atoms. The zero-order valence-electron chi connectivity index (χ0n) is 19.1. The SMILES string of the molecule is CCc1cn2c(N3CCC(NC)CC3)ccc(C(=O)Nc3cc(F)c4nc(C)cn4c3)c2n1. The first-order valence-corrected chi connectivity index (χ1v) is 11.4. The van der Waals surface area contributed by atoms with Crippen molar-refractivity contribution in [1.82, 2.24) is 24.1 Å². The highest BCUT2D eigenvalue weighted by atomic mass is 19.1. The van der Waals surface area contributed by atoms with Gasteiger partial charge in [0.05, 0.1) is 22.6 Å². The number of amides is 1. The fourth-order valence-electron chi connectivity index (χ4n) is 4.56. The number of anilines is 2. The second-order valence-electron chi connectivity index (χ2n) is 8.58. The molecule has 0 aromatic carbocycles. The maximum absolute atomic E-state index is 14.5. The van der Waals surface area contributed by atoms with Crippen LogP contribution in [-0.4, -0.2) is 50.9 Å². The fraction of sp³-hybridized carbons (Fsp3) is 0.375. The summed E-state index contributed by atoms with van der Waals surface area (Å²) in [5, 5.41) is 6.19. The molecule has 2 N–H and O–H groups in total. The van der Waals surface area contributed by atoms with Crippen LogP contribution < -0.4 is 15.5 Å². The maximum atomic E-state index is 14.5. The molecule has 4 aromatic heterocycles. The van der Waals surface area contributed by atoms with Gasteiger partial charge in [-0.25, -0.2) is 14.4 Å². The lowest BCUT2D eigenvalue weighted by Gasteiger charge is -2.33. The number of carbonyl (C=O) groups is 1. The summed E-state index contributed by atoms with van der Waals surface area (Å²) in [6.07, 6.45) is 8.30. The molecule has 1 saturated heterocycles. The van der Waals surface area contributed by atoms with Gasteiger partial charge in [-0.2, -0.15) is 0 Å². The molecular formula is C24H28FN7O. The molecule has 0 unspecified atom stereocenters. The zero-order chi connectivity index (χ0) is 23.1. The molecule has 1 amide bonds. The topological polar surface area (TPSA) is 79.0 Å². The Bertz CT molecular complexity index is 1330. The molecule has 8 nitrogen and oxygen atoms in total. The van der Waals surface area contributed by atoms with Gasteiger partial charge in [-0.3, -0.25) is 9.20 Å². The van der Waals surface area contributed by atoms with Crippen molar-refractivity contribution in [3.8, 4) is 0 Å². The van der Waals surface area contributed by atoms with Gasteiger partial charge in [-0.1, -0.05) is 6.92 Å². The highest BCUT2D eigenvalue weighted by Crippen LogP contribution is 2.25. The second-order valence-corrected chi connectivity index (χ2v) is 8.58. The molecule has 0 bridgehead atoms. The molecule has 33 heavy (non-hydrogen) atoms. The van der Waals surface area contributed by atoms with E-state index in [9.17, 15) is 9.18 Å². The first-order valence-electron chi connectivity index (χ1n) is 11.4. The third-order valence-corrected chi connectivity index (χ3v) is 6.36. The van der Waals surface area contributed by atoms with E-state index in [-0.39, 0.29) is 11.6 Å². The predicted octanol–water partition coefficient (Wildman–Crippen LogP) is 3.43. The van der Waals surface area contributed by atoms with Crippen molar-refractivity contribution in [3.63, 3.8) is 0 Å². The number of nitrogens with one attached hydrogen (secondary N) is 2. The van der Waals surface area contributed by atoms with Gasteiger partial charge in [-0.15, -0.1) is 0 Å². The van der Waals surface area contributed by atoms with Gasteiger partial charge in [0.2, 0.25) is 0 Å². The van der Waals surface area contributed by atoms with Gasteiger partial charge >= 0.3 is 0 Å². The number of hydrogen-bond acceptors (Lipinski definition) is 5. The molecular weight excluding hydrogens is 421 g/mol. The number of halogens is 1. The highest BCUT2D eigenvalue weighted by molar-refractivity contribution is 6.08. The van der Waals surface area contributed by atoms with Gasteiger partial charge in [0.25, 0.3) is 5.91 Å². The quantitative estimate of drug-likeness (QED) is 0.488. The van der Waals surface area contributed by atoms with Crippen LogP contribution in [0.5, 0.6) is 0 Å². The van der Waals surface area contributed by atoms with E-state index in [1.165, 1.54) is 6.07 Å². The smallest absolute Gasteiger partial charge is 0.259 e. The van der Waals surface area contributed by atoms with Gasteiger partial charge in [0.15, 0.2) is 17.1 Å². The summed E-state index contributed by atoms with van der Waals surface area (Å²) < 4.78 is 18.1. The molecule has 9 heteroatoms. The third kappa shape index (κ3) is 3.93. The normalized spacial score (nSPS) is 15.0. The summed E-state index contributed by atoms with van der Waals surface area (Å²) in [6, 6.07) is 5.62. The number of hydrogen-bond donors (Lipinski definition) is 2. The van der Waals surface area contributed by atoms with Gasteiger partial charge in [0.1, 0.15) is 5.82 Å². The van der Waals surface area contributed by atoms with E-state index in [0.717, 1.165) is 43.9 Å². The van der Waals surface area contributed by atoms with Gasteiger partial charge in [0, 0.05) is 43.8 Å². The Morgan fingerprint density at radius 1 is 1.15 bits per heavy atom. The van der Waals surface area contributed by atoms with E-state index >= 15 is 0 Å². The Kier molecular flexibility index (Phi) is 5.49. The molecule has 0 aliphatic carbocycles. The van der Waals surface area contributed by atoms with Crippen LogP contribution in [0, 0.1) is 12.7 Å². The number of aromatic nitrogens is 4. The van der Waals surface area contributed by atoms with Gasteiger partial charge in [-0.05, 0) is 45.4 Å². The summed E-state index contributed by atoms with van der Waals surface area (Å²) in [7, 11) is 2.01. The molecule has 0 saturated carbocycles.